The molecular formula is C23H25N9O2. The van der Waals surface area contributed by atoms with Crippen LogP contribution in [0.3, 0.4) is 0 Å². The molecule has 0 radical (unpaired) electrons. The number of aromatic nitrogens is 6. The van der Waals surface area contributed by atoms with Crippen molar-refractivity contribution in [2.75, 3.05) is 16.4 Å². The van der Waals surface area contributed by atoms with Crippen LogP contribution in [0.1, 0.15) is 38.3 Å². The van der Waals surface area contributed by atoms with Gasteiger partial charge in [-0.25, -0.2) is 19.6 Å². The number of nitrogens with one attached hydrogen (secondary N) is 2. The third-order valence-electron chi connectivity index (χ3n) is 6.46. The van der Waals surface area contributed by atoms with Crippen molar-refractivity contribution in [1.82, 2.24) is 29.3 Å². The lowest BCUT2D eigenvalue weighted by atomic mass is 9.93. The predicted molar refractivity (Wildman–Crippen MR) is 126 cm³/mol. The van der Waals surface area contributed by atoms with Gasteiger partial charge in [-0.2, -0.15) is 5.10 Å². The van der Waals surface area contributed by atoms with Gasteiger partial charge < -0.3 is 25.7 Å². The lowest BCUT2D eigenvalue weighted by Gasteiger charge is -2.27. The summed E-state index contributed by atoms with van der Waals surface area (Å²) in [4.78, 5) is 25.8. The fourth-order valence-electron chi connectivity index (χ4n) is 4.49. The van der Waals surface area contributed by atoms with Crippen molar-refractivity contribution < 1.29 is 9.53 Å². The van der Waals surface area contributed by atoms with Gasteiger partial charge in [0.15, 0.2) is 0 Å². The van der Waals surface area contributed by atoms with E-state index in [2.05, 4.69) is 30.7 Å². The number of hydrogen-bond donors (Lipinski definition) is 3. The molecule has 2 aliphatic rings. The number of carbonyl (C=O) groups is 1. The van der Waals surface area contributed by atoms with Crippen molar-refractivity contribution in [3.8, 4) is 5.69 Å². The average Bonchev–Trinajstić information content (AvgIpc) is 3.56. The fraction of sp³-hybridized carbons (Fsp3) is 0.348. The van der Waals surface area contributed by atoms with Gasteiger partial charge in [0.1, 0.15) is 35.9 Å². The normalized spacial score (nSPS) is 20.4. The van der Waals surface area contributed by atoms with E-state index in [1.807, 2.05) is 35.2 Å². The second-order valence-electron chi connectivity index (χ2n) is 8.68. The van der Waals surface area contributed by atoms with Crippen molar-refractivity contribution in [2.24, 2.45) is 0 Å². The van der Waals surface area contributed by atoms with E-state index in [0.717, 1.165) is 11.4 Å². The standard InChI is InChI=1S/C23H25N9O2/c24-21-20-16(32-10-2-8-28-32)12-31(22(20)27-13-26-21)19-6-5-17(34-19)23(33)30-18-11-15(7-9-25-18)29-14-3-1-4-14/h2,7-14,17,19H,1,3-6H2,(H2,24,26,27)(H2,25,29,30,33). The Bertz CT molecular complexity index is 1330. The molecule has 0 bridgehead atoms. The smallest absolute Gasteiger partial charge is 0.254 e. The Hall–Kier alpha value is -3.99. The molecule has 2 atom stereocenters. The van der Waals surface area contributed by atoms with Gasteiger partial charge in [0.25, 0.3) is 5.91 Å². The van der Waals surface area contributed by atoms with Gasteiger partial charge in [0.05, 0.1) is 11.1 Å². The van der Waals surface area contributed by atoms with Crippen molar-refractivity contribution in [3.63, 3.8) is 0 Å². The van der Waals surface area contributed by atoms with E-state index in [1.54, 1.807) is 17.1 Å². The number of nitrogens with zero attached hydrogens (tertiary/aromatic N) is 6. The Morgan fingerprint density at radius 2 is 2.06 bits per heavy atom. The van der Waals surface area contributed by atoms with E-state index in [0.29, 0.717) is 41.6 Å². The summed E-state index contributed by atoms with van der Waals surface area (Å²) in [6.07, 6.45) is 12.4. The molecule has 1 aliphatic heterocycles. The van der Waals surface area contributed by atoms with Gasteiger partial charge in [0, 0.05) is 42.6 Å². The highest BCUT2D eigenvalue weighted by Gasteiger charge is 2.33. The van der Waals surface area contributed by atoms with Crippen molar-refractivity contribution in [1.29, 1.82) is 0 Å². The summed E-state index contributed by atoms with van der Waals surface area (Å²) in [5, 5.41) is 11.4. The van der Waals surface area contributed by atoms with Gasteiger partial charge in [-0.3, -0.25) is 4.79 Å². The number of rotatable bonds is 6. The number of hydrogen-bond acceptors (Lipinski definition) is 8. The molecule has 6 rings (SSSR count). The van der Waals surface area contributed by atoms with Crippen LogP contribution in [0.25, 0.3) is 16.7 Å². The highest BCUT2D eigenvalue weighted by Crippen LogP contribution is 2.35. The van der Waals surface area contributed by atoms with E-state index in [1.165, 1.54) is 25.6 Å². The minimum atomic E-state index is -0.597. The van der Waals surface area contributed by atoms with E-state index < -0.39 is 6.10 Å². The summed E-state index contributed by atoms with van der Waals surface area (Å²) in [7, 11) is 0. The third-order valence-corrected chi connectivity index (χ3v) is 6.46. The number of nitrogen functional groups attached to an aromatic ring is 1. The van der Waals surface area contributed by atoms with Gasteiger partial charge >= 0.3 is 0 Å². The summed E-state index contributed by atoms with van der Waals surface area (Å²) < 4.78 is 9.78. The molecule has 2 fully saturated rings. The second-order valence-corrected chi connectivity index (χ2v) is 8.68. The first-order valence-electron chi connectivity index (χ1n) is 11.5. The van der Waals surface area contributed by atoms with Crippen LogP contribution in [-0.4, -0.2) is 47.4 Å². The van der Waals surface area contributed by atoms with E-state index in [4.69, 9.17) is 10.5 Å². The zero-order valence-corrected chi connectivity index (χ0v) is 18.5. The van der Waals surface area contributed by atoms with Gasteiger partial charge in [-0.15, -0.1) is 0 Å². The summed E-state index contributed by atoms with van der Waals surface area (Å²) in [5.41, 5.74) is 8.53. The number of carbonyl (C=O) groups excluding carboxylic acids is 1. The Balaban J connectivity index is 1.19. The summed E-state index contributed by atoms with van der Waals surface area (Å²) >= 11 is 0. The van der Waals surface area contributed by atoms with Crippen molar-refractivity contribution >= 4 is 34.3 Å². The lowest BCUT2D eigenvalue weighted by molar-refractivity contribution is -0.128. The Kier molecular flexibility index (Phi) is 5.10. The number of amides is 1. The molecule has 0 spiro atoms. The van der Waals surface area contributed by atoms with E-state index in [-0.39, 0.29) is 12.1 Å². The molecule has 1 amide bonds. The van der Waals surface area contributed by atoms with Crippen LogP contribution in [0.2, 0.25) is 0 Å². The Morgan fingerprint density at radius 3 is 2.85 bits per heavy atom. The molecule has 1 saturated carbocycles. The van der Waals surface area contributed by atoms with Gasteiger partial charge in [-0.05, 0) is 44.2 Å². The zero-order valence-electron chi connectivity index (χ0n) is 18.5. The highest BCUT2D eigenvalue weighted by atomic mass is 16.5. The molecule has 5 heterocycles. The molecule has 4 aromatic rings. The number of anilines is 3. The maximum Gasteiger partial charge on any atom is 0.254 e. The first-order chi connectivity index (χ1) is 16.7. The first-order valence-corrected chi connectivity index (χ1v) is 11.5. The minimum absolute atomic E-state index is 0.214. The van der Waals surface area contributed by atoms with Crippen LogP contribution in [-0.2, 0) is 9.53 Å². The minimum Gasteiger partial charge on any atom is -0.383 e. The first kappa shape index (κ1) is 20.6. The largest absolute Gasteiger partial charge is 0.383 e. The van der Waals surface area contributed by atoms with Crippen molar-refractivity contribution in [2.45, 2.75) is 50.5 Å². The highest BCUT2D eigenvalue weighted by molar-refractivity contribution is 5.95. The molecule has 11 heteroatoms. The second kappa shape index (κ2) is 8.41. The maximum atomic E-state index is 12.9. The van der Waals surface area contributed by atoms with Gasteiger partial charge in [-0.1, -0.05) is 0 Å². The third kappa shape index (κ3) is 3.73. The topological polar surface area (TPSA) is 138 Å². The summed E-state index contributed by atoms with van der Waals surface area (Å²) in [6, 6.07) is 6.11. The molecule has 34 heavy (non-hydrogen) atoms. The van der Waals surface area contributed by atoms with Crippen LogP contribution in [0.5, 0.6) is 0 Å². The molecular weight excluding hydrogens is 434 g/mol. The number of fused-ring (bicyclic) bond motifs is 1. The van der Waals surface area contributed by atoms with Crippen LogP contribution in [0, 0.1) is 0 Å². The number of ether oxygens (including phenoxy) is 1. The average molecular weight is 460 g/mol. The molecule has 4 N–H and O–H groups in total. The lowest BCUT2D eigenvalue weighted by Crippen LogP contribution is -2.29. The molecule has 174 valence electrons. The zero-order chi connectivity index (χ0) is 23.1. The molecule has 11 nitrogen and oxygen atoms in total. The maximum absolute atomic E-state index is 12.9. The van der Waals surface area contributed by atoms with E-state index >= 15 is 0 Å². The molecule has 1 aliphatic carbocycles. The van der Waals surface area contributed by atoms with Gasteiger partial charge in [0.2, 0.25) is 0 Å². The Morgan fingerprint density at radius 1 is 1.15 bits per heavy atom. The van der Waals surface area contributed by atoms with Crippen LogP contribution >= 0.6 is 0 Å². The predicted octanol–water partition coefficient (Wildman–Crippen LogP) is 2.87. The Labute approximate surface area is 195 Å². The van der Waals surface area contributed by atoms with Crippen LogP contribution in [0.15, 0.2) is 49.3 Å². The van der Waals surface area contributed by atoms with Crippen molar-refractivity contribution in [3.05, 3.63) is 49.3 Å². The quantitative estimate of drug-likeness (QED) is 0.400. The molecule has 0 aromatic carbocycles. The van der Waals surface area contributed by atoms with Crippen LogP contribution in [0.4, 0.5) is 17.3 Å². The molecule has 1 saturated heterocycles. The number of pyridine rings is 1. The van der Waals surface area contributed by atoms with Crippen LogP contribution < -0.4 is 16.4 Å². The summed E-state index contributed by atoms with van der Waals surface area (Å²) in [6.45, 7) is 0. The molecule has 4 aromatic heterocycles. The fourth-order valence-corrected chi connectivity index (χ4v) is 4.49. The summed E-state index contributed by atoms with van der Waals surface area (Å²) in [5.74, 6) is 0.658. The SMILES string of the molecule is Nc1ncnc2c1c(-n1cccn1)cn2C1CCC(C(=O)Nc2cc(NC3CCC3)ccn2)O1. The van der Waals surface area contributed by atoms with E-state index in [9.17, 15) is 4.79 Å². The number of nitrogens with two attached hydrogens (primary N) is 1. The monoisotopic (exact) mass is 459 g/mol. The molecule has 2 unspecified atom stereocenters.